The van der Waals surface area contributed by atoms with Crippen LogP contribution in [-0.4, -0.2) is 8.42 Å². The summed E-state index contributed by atoms with van der Waals surface area (Å²) in [7, 11) is -3.64. The molecule has 0 fully saturated rings. The molecule has 0 radical (unpaired) electrons. The Morgan fingerprint density at radius 2 is 1.68 bits per heavy atom. The molecular formula is C14H14BrNO2S. The molecular weight excluding hydrogens is 326 g/mol. The third-order valence-corrected chi connectivity index (χ3v) is 4.53. The van der Waals surface area contributed by atoms with Gasteiger partial charge in [-0.1, -0.05) is 52.3 Å². The van der Waals surface area contributed by atoms with Gasteiger partial charge < -0.3 is 0 Å². The van der Waals surface area contributed by atoms with Crippen molar-refractivity contribution in [3.05, 3.63) is 64.1 Å². The lowest BCUT2D eigenvalue weighted by Gasteiger charge is -2.06. The summed E-state index contributed by atoms with van der Waals surface area (Å²) in [5.41, 5.74) is 2.32. The van der Waals surface area contributed by atoms with Crippen molar-refractivity contribution in [2.45, 2.75) is 17.7 Å². The zero-order valence-electron chi connectivity index (χ0n) is 10.2. The van der Waals surface area contributed by atoms with E-state index in [9.17, 15) is 8.42 Å². The van der Waals surface area contributed by atoms with E-state index in [1.807, 2.05) is 18.2 Å². The Morgan fingerprint density at radius 1 is 1.00 bits per heavy atom. The normalized spacial score (nSPS) is 11.5. The molecule has 0 atom stereocenters. The fourth-order valence-corrected chi connectivity index (χ4v) is 3.10. The summed E-state index contributed by atoms with van der Waals surface area (Å²) in [5.74, 6) is 0. The number of nitrogens with two attached hydrogens (primary N) is 1. The first kappa shape index (κ1) is 14.2. The highest BCUT2D eigenvalue weighted by Crippen LogP contribution is 2.22. The van der Waals surface area contributed by atoms with Crippen molar-refractivity contribution in [1.29, 1.82) is 0 Å². The van der Waals surface area contributed by atoms with E-state index in [0.717, 1.165) is 22.9 Å². The van der Waals surface area contributed by atoms with Crippen molar-refractivity contribution >= 4 is 26.0 Å². The first-order valence-electron chi connectivity index (χ1n) is 5.82. The van der Waals surface area contributed by atoms with Crippen molar-refractivity contribution in [2.75, 3.05) is 0 Å². The maximum atomic E-state index is 11.2. The molecule has 2 aromatic carbocycles. The van der Waals surface area contributed by atoms with Crippen LogP contribution in [0.3, 0.4) is 0 Å². The third kappa shape index (κ3) is 3.89. The molecule has 2 rings (SSSR count). The summed E-state index contributed by atoms with van der Waals surface area (Å²) < 4.78 is 23.2. The number of hydrogen-bond acceptors (Lipinski definition) is 2. The molecule has 0 aromatic heterocycles. The van der Waals surface area contributed by atoms with E-state index in [1.54, 1.807) is 18.2 Å². The highest BCUT2D eigenvalue weighted by Gasteiger charge is 2.10. The highest BCUT2D eigenvalue weighted by molar-refractivity contribution is 9.10. The van der Waals surface area contributed by atoms with E-state index in [-0.39, 0.29) is 4.90 Å². The number of hydrogen-bond donors (Lipinski definition) is 1. The number of sulfonamides is 1. The van der Waals surface area contributed by atoms with Gasteiger partial charge in [0.15, 0.2) is 0 Å². The van der Waals surface area contributed by atoms with E-state index < -0.39 is 10.0 Å². The van der Waals surface area contributed by atoms with Gasteiger partial charge in [0, 0.05) is 4.47 Å². The number of aryl methyl sites for hydroxylation is 2. The topological polar surface area (TPSA) is 60.2 Å². The number of benzene rings is 2. The molecule has 0 aliphatic heterocycles. The third-order valence-electron chi connectivity index (χ3n) is 2.88. The van der Waals surface area contributed by atoms with Crippen molar-refractivity contribution in [1.82, 2.24) is 0 Å². The molecule has 19 heavy (non-hydrogen) atoms. The van der Waals surface area contributed by atoms with E-state index in [1.165, 1.54) is 5.56 Å². The summed E-state index contributed by atoms with van der Waals surface area (Å²) in [6.45, 7) is 0. The molecule has 2 N–H and O–H groups in total. The second kappa shape index (κ2) is 5.86. The van der Waals surface area contributed by atoms with Crippen LogP contribution >= 0.6 is 15.9 Å². The Balaban J connectivity index is 2.14. The van der Waals surface area contributed by atoms with E-state index in [2.05, 4.69) is 28.1 Å². The van der Waals surface area contributed by atoms with Gasteiger partial charge in [-0.25, -0.2) is 13.6 Å². The fourth-order valence-electron chi connectivity index (χ4n) is 1.83. The van der Waals surface area contributed by atoms with Crippen molar-refractivity contribution in [3.63, 3.8) is 0 Å². The van der Waals surface area contributed by atoms with Crippen LogP contribution in [-0.2, 0) is 22.9 Å². The number of halogens is 1. The van der Waals surface area contributed by atoms with Gasteiger partial charge in [-0.15, -0.1) is 0 Å². The molecule has 0 aliphatic rings. The highest BCUT2D eigenvalue weighted by atomic mass is 79.9. The van der Waals surface area contributed by atoms with E-state index in [4.69, 9.17) is 5.14 Å². The molecule has 3 nitrogen and oxygen atoms in total. The summed E-state index contributed by atoms with van der Waals surface area (Å²) in [6, 6.07) is 15.0. The largest absolute Gasteiger partial charge is 0.238 e. The maximum Gasteiger partial charge on any atom is 0.238 e. The lowest BCUT2D eigenvalue weighted by atomic mass is 10.0. The molecule has 2 aromatic rings. The monoisotopic (exact) mass is 339 g/mol. The molecule has 5 heteroatoms. The summed E-state index contributed by atoms with van der Waals surface area (Å²) >= 11 is 3.39. The minimum atomic E-state index is -3.64. The van der Waals surface area contributed by atoms with Crippen LogP contribution in [0.5, 0.6) is 0 Å². The molecule has 0 heterocycles. The SMILES string of the molecule is NS(=O)(=O)c1ccc(CCc2ccccc2)c(Br)c1. The van der Waals surface area contributed by atoms with Crippen molar-refractivity contribution < 1.29 is 8.42 Å². The average molecular weight is 340 g/mol. The minimum Gasteiger partial charge on any atom is -0.225 e. The first-order chi connectivity index (χ1) is 8.97. The van der Waals surface area contributed by atoms with Crippen LogP contribution in [0, 0.1) is 0 Å². The predicted octanol–water partition coefficient (Wildman–Crippen LogP) is 2.88. The summed E-state index contributed by atoms with van der Waals surface area (Å²) in [6.07, 6.45) is 1.75. The lowest BCUT2D eigenvalue weighted by Crippen LogP contribution is -2.12. The van der Waals surface area contributed by atoms with Crippen LogP contribution in [0.1, 0.15) is 11.1 Å². The Labute approximate surface area is 121 Å². The van der Waals surface area contributed by atoms with Crippen LogP contribution < -0.4 is 5.14 Å². The molecule has 0 bridgehead atoms. The molecule has 0 saturated carbocycles. The Kier molecular flexibility index (Phi) is 4.39. The Morgan fingerprint density at radius 3 is 2.26 bits per heavy atom. The molecule has 0 amide bonds. The van der Waals surface area contributed by atoms with Crippen LogP contribution in [0.15, 0.2) is 57.9 Å². The smallest absolute Gasteiger partial charge is 0.225 e. The molecule has 0 saturated heterocycles. The summed E-state index contributed by atoms with van der Waals surface area (Å²) in [4.78, 5) is 0.128. The lowest BCUT2D eigenvalue weighted by molar-refractivity contribution is 0.597. The van der Waals surface area contributed by atoms with Gasteiger partial charge in [0.2, 0.25) is 10.0 Å². The van der Waals surface area contributed by atoms with Crippen molar-refractivity contribution in [2.24, 2.45) is 5.14 Å². The minimum absolute atomic E-state index is 0.128. The molecule has 0 aliphatic carbocycles. The quantitative estimate of drug-likeness (QED) is 0.930. The van der Waals surface area contributed by atoms with Gasteiger partial charge in [0.05, 0.1) is 4.90 Å². The van der Waals surface area contributed by atoms with Crippen LogP contribution in [0.2, 0.25) is 0 Å². The van der Waals surface area contributed by atoms with Crippen LogP contribution in [0.4, 0.5) is 0 Å². The standard InChI is InChI=1S/C14H14BrNO2S/c15-14-10-13(19(16,17)18)9-8-12(14)7-6-11-4-2-1-3-5-11/h1-5,8-10H,6-7H2,(H2,16,17,18). The van der Waals surface area contributed by atoms with Gasteiger partial charge in [-0.2, -0.15) is 0 Å². The summed E-state index contributed by atoms with van der Waals surface area (Å²) in [5, 5.41) is 5.09. The zero-order chi connectivity index (χ0) is 13.9. The molecule has 100 valence electrons. The van der Waals surface area contributed by atoms with Gasteiger partial charge >= 0.3 is 0 Å². The number of primary sulfonamides is 1. The molecule has 0 spiro atoms. The van der Waals surface area contributed by atoms with Gasteiger partial charge in [0.25, 0.3) is 0 Å². The van der Waals surface area contributed by atoms with E-state index >= 15 is 0 Å². The van der Waals surface area contributed by atoms with Crippen LogP contribution in [0.25, 0.3) is 0 Å². The van der Waals surface area contributed by atoms with Gasteiger partial charge in [-0.05, 0) is 36.1 Å². The Hall–Kier alpha value is -1.17. The number of rotatable bonds is 4. The predicted molar refractivity (Wildman–Crippen MR) is 79.4 cm³/mol. The zero-order valence-corrected chi connectivity index (χ0v) is 12.6. The second-order valence-electron chi connectivity index (χ2n) is 4.28. The average Bonchev–Trinajstić information content (AvgIpc) is 2.37. The van der Waals surface area contributed by atoms with E-state index in [0.29, 0.717) is 0 Å². The second-order valence-corrected chi connectivity index (χ2v) is 6.70. The van der Waals surface area contributed by atoms with Gasteiger partial charge in [-0.3, -0.25) is 0 Å². The maximum absolute atomic E-state index is 11.2. The first-order valence-corrected chi connectivity index (χ1v) is 8.16. The fraction of sp³-hybridized carbons (Fsp3) is 0.143. The molecule has 0 unspecified atom stereocenters. The van der Waals surface area contributed by atoms with Gasteiger partial charge in [0.1, 0.15) is 0 Å². The Bertz CT molecular complexity index is 669. The van der Waals surface area contributed by atoms with Crippen molar-refractivity contribution in [3.8, 4) is 0 Å².